The first-order chi connectivity index (χ1) is 8.97. The highest BCUT2D eigenvalue weighted by Gasteiger charge is 2.08. The molecule has 0 radical (unpaired) electrons. The van der Waals surface area contributed by atoms with Gasteiger partial charge in [0.2, 0.25) is 0 Å². The largest absolute Gasteiger partial charge is 0.322 e. The van der Waals surface area contributed by atoms with E-state index in [2.05, 4.69) is 21.2 Å². The van der Waals surface area contributed by atoms with Crippen molar-refractivity contribution in [1.82, 2.24) is 0 Å². The molecule has 0 heterocycles. The molecule has 2 aromatic carbocycles. The number of aryl methyl sites for hydroxylation is 3. The van der Waals surface area contributed by atoms with Crippen LogP contribution < -0.4 is 5.32 Å². The van der Waals surface area contributed by atoms with Crippen molar-refractivity contribution in [2.45, 2.75) is 20.8 Å². The zero-order chi connectivity index (χ0) is 14.0. The van der Waals surface area contributed by atoms with Crippen molar-refractivity contribution in [1.29, 1.82) is 0 Å². The lowest BCUT2D eigenvalue weighted by atomic mass is 10.1. The van der Waals surface area contributed by atoms with Gasteiger partial charge >= 0.3 is 0 Å². The fraction of sp³-hybridized carbons (Fsp3) is 0.188. The monoisotopic (exact) mass is 317 g/mol. The first kappa shape index (κ1) is 13.8. The summed E-state index contributed by atoms with van der Waals surface area (Å²) in [6.45, 7) is 6.03. The van der Waals surface area contributed by atoms with E-state index in [1.807, 2.05) is 57.2 Å². The van der Waals surface area contributed by atoms with Gasteiger partial charge in [-0.25, -0.2) is 0 Å². The Hall–Kier alpha value is -1.61. The molecule has 0 bridgehead atoms. The molecule has 2 aromatic rings. The van der Waals surface area contributed by atoms with Crippen LogP contribution in [0, 0.1) is 20.8 Å². The predicted octanol–water partition coefficient (Wildman–Crippen LogP) is 4.63. The molecule has 0 unspecified atom stereocenters. The van der Waals surface area contributed by atoms with E-state index in [9.17, 15) is 4.79 Å². The SMILES string of the molecule is Cc1ccc(C(=O)Nc2cc(C)c(Br)c(C)c2)cc1. The van der Waals surface area contributed by atoms with Crippen LogP contribution in [-0.4, -0.2) is 5.91 Å². The topological polar surface area (TPSA) is 29.1 Å². The molecule has 0 aromatic heterocycles. The van der Waals surface area contributed by atoms with Gasteiger partial charge in [-0.1, -0.05) is 33.6 Å². The fourth-order valence-corrected chi connectivity index (χ4v) is 2.16. The van der Waals surface area contributed by atoms with Gasteiger partial charge in [0, 0.05) is 15.7 Å². The summed E-state index contributed by atoms with van der Waals surface area (Å²) in [5, 5.41) is 2.93. The molecule has 0 atom stereocenters. The Morgan fingerprint density at radius 2 is 1.53 bits per heavy atom. The Balaban J connectivity index is 2.22. The summed E-state index contributed by atoms with van der Waals surface area (Å²) in [4.78, 5) is 12.1. The van der Waals surface area contributed by atoms with Crippen LogP contribution in [0.15, 0.2) is 40.9 Å². The van der Waals surface area contributed by atoms with Crippen molar-refractivity contribution in [3.63, 3.8) is 0 Å². The summed E-state index contributed by atoms with van der Waals surface area (Å²) >= 11 is 3.52. The van der Waals surface area contributed by atoms with E-state index in [-0.39, 0.29) is 5.91 Å². The minimum Gasteiger partial charge on any atom is -0.322 e. The van der Waals surface area contributed by atoms with Gasteiger partial charge in [0.1, 0.15) is 0 Å². The molecule has 0 fully saturated rings. The standard InChI is InChI=1S/C16H16BrNO/c1-10-4-6-13(7-5-10)16(19)18-14-8-11(2)15(17)12(3)9-14/h4-9H,1-3H3,(H,18,19). The van der Waals surface area contributed by atoms with E-state index >= 15 is 0 Å². The number of hydrogen-bond donors (Lipinski definition) is 1. The molecule has 98 valence electrons. The third-order valence-electron chi connectivity index (χ3n) is 3.01. The maximum atomic E-state index is 12.1. The van der Waals surface area contributed by atoms with Crippen LogP contribution in [-0.2, 0) is 0 Å². The van der Waals surface area contributed by atoms with E-state index < -0.39 is 0 Å². The van der Waals surface area contributed by atoms with Crippen LogP contribution in [0.25, 0.3) is 0 Å². The number of benzene rings is 2. The molecule has 0 saturated heterocycles. The number of hydrogen-bond acceptors (Lipinski definition) is 1. The molecular weight excluding hydrogens is 302 g/mol. The molecule has 19 heavy (non-hydrogen) atoms. The molecular formula is C16H16BrNO. The molecule has 2 nitrogen and oxygen atoms in total. The number of rotatable bonds is 2. The fourth-order valence-electron chi connectivity index (χ4n) is 1.93. The van der Waals surface area contributed by atoms with Crippen LogP contribution in [0.4, 0.5) is 5.69 Å². The number of carbonyl (C=O) groups excluding carboxylic acids is 1. The van der Waals surface area contributed by atoms with Crippen molar-refractivity contribution >= 4 is 27.5 Å². The second-order valence-electron chi connectivity index (χ2n) is 4.74. The van der Waals surface area contributed by atoms with Crippen molar-refractivity contribution in [3.05, 3.63) is 63.1 Å². The molecule has 0 saturated carbocycles. The first-order valence-corrected chi connectivity index (χ1v) is 6.91. The van der Waals surface area contributed by atoms with Crippen molar-refractivity contribution in [2.24, 2.45) is 0 Å². The van der Waals surface area contributed by atoms with Gasteiger partial charge in [-0.3, -0.25) is 4.79 Å². The lowest BCUT2D eigenvalue weighted by molar-refractivity contribution is 0.102. The molecule has 1 N–H and O–H groups in total. The van der Waals surface area contributed by atoms with Crippen LogP contribution in [0.1, 0.15) is 27.0 Å². The van der Waals surface area contributed by atoms with Gasteiger partial charge < -0.3 is 5.32 Å². The number of amides is 1. The molecule has 3 heteroatoms. The second-order valence-corrected chi connectivity index (χ2v) is 5.54. The van der Waals surface area contributed by atoms with Gasteiger partial charge in [-0.15, -0.1) is 0 Å². The molecule has 2 rings (SSSR count). The summed E-state index contributed by atoms with van der Waals surface area (Å²) in [5.74, 6) is -0.0823. The number of carbonyl (C=O) groups is 1. The quantitative estimate of drug-likeness (QED) is 0.859. The summed E-state index contributed by atoms with van der Waals surface area (Å²) in [6.07, 6.45) is 0. The minimum atomic E-state index is -0.0823. The lowest BCUT2D eigenvalue weighted by Gasteiger charge is -2.10. The smallest absolute Gasteiger partial charge is 0.255 e. The number of nitrogens with one attached hydrogen (secondary N) is 1. The lowest BCUT2D eigenvalue weighted by Crippen LogP contribution is -2.12. The van der Waals surface area contributed by atoms with Crippen molar-refractivity contribution in [2.75, 3.05) is 5.32 Å². The van der Waals surface area contributed by atoms with Gasteiger partial charge in [0.05, 0.1) is 0 Å². The predicted molar refractivity (Wildman–Crippen MR) is 82.7 cm³/mol. The van der Waals surface area contributed by atoms with Crippen molar-refractivity contribution < 1.29 is 4.79 Å². The second kappa shape index (κ2) is 5.57. The maximum absolute atomic E-state index is 12.1. The summed E-state index contributed by atoms with van der Waals surface area (Å²) < 4.78 is 1.08. The molecule has 1 amide bonds. The van der Waals surface area contributed by atoms with E-state index in [1.165, 1.54) is 0 Å². The molecule has 0 spiro atoms. The van der Waals surface area contributed by atoms with E-state index in [4.69, 9.17) is 0 Å². The van der Waals surface area contributed by atoms with Crippen LogP contribution in [0.2, 0.25) is 0 Å². The van der Waals surface area contributed by atoms with E-state index in [1.54, 1.807) is 0 Å². The number of anilines is 1. The first-order valence-electron chi connectivity index (χ1n) is 6.12. The average molecular weight is 318 g/mol. The highest BCUT2D eigenvalue weighted by molar-refractivity contribution is 9.10. The third-order valence-corrected chi connectivity index (χ3v) is 4.26. The van der Waals surface area contributed by atoms with Crippen LogP contribution >= 0.6 is 15.9 Å². The Morgan fingerprint density at radius 3 is 2.05 bits per heavy atom. The van der Waals surface area contributed by atoms with Gasteiger partial charge in [-0.05, 0) is 56.2 Å². The Morgan fingerprint density at radius 1 is 1.00 bits per heavy atom. The van der Waals surface area contributed by atoms with E-state index in [0.717, 1.165) is 26.9 Å². The highest BCUT2D eigenvalue weighted by atomic mass is 79.9. The number of halogens is 1. The van der Waals surface area contributed by atoms with Gasteiger partial charge in [0.15, 0.2) is 0 Å². The zero-order valence-corrected chi connectivity index (χ0v) is 12.8. The van der Waals surface area contributed by atoms with E-state index in [0.29, 0.717) is 5.56 Å². The third kappa shape index (κ3) is 3.24. The van der Waals surface area contributed by atoms with Gasteiger partial charge in [0.25, 0.3) is 5.91 Å². The molecule has 0 aliphatic heterocycles. The van der Waals surface area contributed by atoms with Crippen LogP contribution in [0.5, 0.6) is 0 Å². The highest BCUT2D eigenvalue weighted by Crippen LogP contribution is 2.25. The Labute approximate surface area is 122 Å². The summed E-state index contributed by atoms with van der Waals surface area (Å²) in [6, 6.07) is 11.5. The summed E-state index contributed by atoms with van der Waals surface area (Å²) in [7, 11) is 0. The Bertz CT molecular complexity index is 594. The normalized spacial score (nSPS) is 10.3. The van der Waals surface area contributed by atoms with Crippen LogP contribution in [0.3, 0.4) is 0 Å². The van der Waals surface area contributed by atoms with Crippen molar-refractivity contribution in [3.8, 4) is 0 Å². The van der Waals surface area contributed by atoms with Gasteiger partial charge in [-0.2, -0.15) is 0 Å². The molecule has 0 aliphatic rings. The Kier molecular flexibility index (Phi) is 4.05. The molecule has 0 aliphatic carbocycles. The maximum Gasteiger partial charge on any atom is 0.255 e. The summed E-state index contributed by atoms with van der Waals surface area (Å²) in [5.41, 5.74) is 4.86. The average Bonchev–Trinajstić information content (AvgIpc) is 2.36. The zero-order valence-electron chi connectivity index (χ0n) is 11.3. The minimum absolute atomic E-state index is 0.0823.